The summed E-state index contributed by atoms with van der Waals surface area (Å²) in [5, 5.41) is 12.7. The highest BCUT2D eigenvalue weighted by Crippen LogP contribution is 2.33. The van der Waals surface area contributed by atoms with Gasteiger partial charge in [-0.15, -0.1) is 0 Å². The molecule has 0 fully saturated rings. The van der Waals surface area contributed by atoms with Gasteiger partial charge in [0.25, 0.3) is 0 Å². The van der Waals surface area contributed by atoms with Crippen LogP contribution < -0.4 is 5.73 Å². The second-order valence-electron chi connectivity index (χ2n) is 3.20. The molecule has 15 heavy (non-hydrogen) atoms. The van der Waals surface area contributed by atoms with E-state index in [1.165, 1.54) is 7.05 Å². The van der Waals surface area contributed by atoms with E-state index in [1.807, 2.05) is 0 Å². The van der Waals surface area contributed by atoms with Crippen molar-refractivity contribution in [1.29, 1.82) is 0 Å². The molecule has 0 aliphatic heterocycles. The summed E-state index contributed by atoms with van der Waals surface area (Å²) < 4.78 is 38.4. The lowest BCUT2D eigenvalue weighted by molar-refractivity contribution is -0.143. The van der Waals surface area contributed by atoms with Gasteiger partial charge in [-0.2, -0.15) is 18.3 Å². The normalized spacial score (nSPS) is 14.3. The van der Waals surface area contributed by atoms with Crippen molar-refractivity contribution in [1.82, 2.24) is 9.78 Å². The van der Waals surface area contributed by atoms with E-state index in [0.29, 0.717) is 0 Å². The number of aryl methyl sites for hydroxylation is 1. The van der Waals surface area contributed by atoms with Crippen LogP contribution in [0.25, 0.3) is 0 Å². The first-order valence-corrected chi connectivity index (χ1v) is 4.35. The van der Waals surface area contributed by atoms with Crippen molar-refractivity contribution in [3.63, 3.8) is 0 Å². The third kappa shape index (κ3) is 2.69. The molecule has 0 radical (unpaired) electrons. The van der Waals surface area contributed by atoms with Crippen LogP contribution in [-0.2, 0) is 13.2 Å². The zero-order chi connectivity index (χ0) is 11.6. The van der Waals surface area contributed by atoms with Crippen molar-refractivity contribution < 1.29 is 18.3 Å². The van der Waals surface area contributed by atoms with Crippen LogP contribution in [-0.4, -0.2) is 21.4 Å². The molecule has 0 bridgehead atoms. The number of aliphatic hydroxyl groups excluding tert-OH is 1. The van der Waals surface area contributed by atoms with Crippen molar-refractivity contribution in [2.75, 3.05) is 6.54 Å². The third-order valence-corrected chi connectivity index (χ3v) is 1.92. The van der Waals surface area contributed by atoms with Crippen LogP contribution in [0.15, 0.2) is 6.20 Å². The number of hydrogen-bond donors (Lipinski definition) is 2. The Labute approximate surface area is 84.5 Å². The molecule has 3 N–H and O–H groups in total. The highest BCUT2D eigenvalue weighted by molar-refractivity contribution is 5.22. The van der Waals surface area contributed by atoms with Gasteiger partial charge < -0.3 is 10.8 Å². The molecule has 1 unspecified atom stereocenters. The Bertz CT molecular complexity index is 334. The summed E-state index contributed by atoms with van der Waals surface area (Å²) >= 11 is 0. The molecule has 7 heteroatoms. The first-order chi connectivity index (χ1) is 6.86. The number of alkyl halides is 3. The maximum absolute atomic E-state index is 12.4. The largest absolute Gasteiger partial charge is 0.435 e. The van der Waals surface area contributed by atoms with Crippen LogP contribution in [0.4, 0.5) is 13.2 Å². The SMILES string of the molecule is Cn1cc(C(O)CCN)c(C(F)(F)F)n1. The minimum Gasteiger partial charge on any atom is -0.388 e. The number of nitrogens with two attached hydrogens (primary N) is 1. The summed E-state index contributed by atoms with van der Waals surface area (Å²) in [6.45, 7) is 0.118. The molecule has 1 heterocycles. The van der Waals surface area contributed by atoms with Gasteiger partial charge in [0.1, 0.15) is 0 Å². The van der Waals surface area contributed by atoms with Gasteiger partial charge in [0.15, 0.2) is 5.69 Å². The minimum atomic E-state index is -4.55. The standard InChI is InChI=1S/C8H12F3N3O/c1-14-4-5(6(15)2-3-12)7(13-14)8(9,10)11/h4,6,15H,2-3,12H2,1H3. The summed E-state index contributed by atoms with van der Waals surface area (Å²) in [7, 11) is 1.37. The van der Waals surface area contributed by atoms with Crippen LogP contribution in [0.1, 0.15) is 23.8 Å². The molecule has 1 rings (SSSR count). The van der Waals surface area contributed by atoms with Gasteiger partial charge in [-0.1, -0.05) is 0 Å². The summed E-state index contributed by atoms with van der Waals surface area (Å²) in [4.78, 5) is 0. The summed E-state index contributed by atoms with van der Waals surface area (Å²) in [6.07, 6.45) is -4.54. The van der Waals surface area contributed by atoms with E-state index >= 15 is 0 Å². The Kier molecular flexibility index (Phi) is 3.35. The molecular formula is C8H12F3N3O. The molecular weight excluding hydrogens is 211 g/mol. The maximum atomic E-state index is 12.4. The Balaban J connectivity index is 3.06. The second-order valence-corrected chi connectivity index (χ2v) is 3.20. The fraction of sp³-hybridized carbons (Fsp3) is 0.625. The number of nitrogens with zero attached hydrogens (tertiary/aromatic N) is 2. The molecule has 0 aliphatic rings. The molecule has 0 spiro atoms. The van der Waals surface area contributed by atoms with E-state index in [1.54, 1.807) is 0 Å². The van der Waals surface area contributed by atoms with Gasteiger partial charge in [-0.25, -0.2) is 0 Å². The lowest BCUT2D eigenvalue weighted by Crippen LogP contribution is -2.13. The van der Waals surface area contributed by atoms with Crippen LogP contribution in [0.5, 0.6) is 0 Å². The van der Waals surface area contributed by atoms with E-state index in [9.17, 15) is 18.3 Å². The molecule has 1 aromatic heterocycles. The van der Waals surface area contributed by atoms with Crippen molar-refractivity contribution in [3.05, 3.63) is 17.5 Å². The number of aliphatic hydroxyl groups is 1. The van der Waals surface area contributed by atoms with Gasteiger partial charge >= 0.3 is 6.18 Å². The van der Waals surface area contributed by atoms with Gasteiger partial charge in [0.05, 0.1) is 6.10 Å². The van der Waals surface area contributed by atoms with E-state index in [-0.39, 0.29) is 18.5 Å². The van der Waals surface area contributed by atoms with Gasteiger partial charge in [0.2, 0.25) is 0 Å². The van der Waals surface area contributed by atoms with E-state index in [2.05, 4.69) is 5.10 Å². The minimum absolute atomic E-state index is 0.0781. The molecule has 86 valence electrons. The van der Waals surface area contributed by atoms with Crippen LogP contribution in [0.2, 0.25) is 0 Å². The van der Waals surface area contributed by atoms with E-state index in [4.69, 9.17) is 5.73 Å². The monoisotopic (exact) mass is 223 g/mol. The number of hydrogen-bond acceptors (Lipinski definition) is 3. The smallest absolute Gasteiger partial charge is 0.388 e. The molecule has 1 atom stereocenters. The maximum Gasteiger partial charge on any atom is 0.435 e. The quantitative estimate of drug-likeness (QED) is 0.797. The molecule has 0 saturated heterocycles. The summed E-state index contributed by atoms with van der Waals surface area (Å²) in [5.74, 6) is 0. The lowest BCUT2D eigenvalue weighted by Gasteiger charge is -2.10. The van der Waals surface area contributed by atoms with E-state index < -0.39 is 18.0 Å². The Morgan fingerprint density at radius 2 is 2.20 bits per heavy atom. The van der Waals surface area contributed by atoms with Crippen molar-refractivity contribution >= 4 is 0 Å². The van der Waals surface area contributed by atoms with E-state index in [0.717, 1.165) is 10.9 Å². The topological polar surface area (TPSA) is 64.1 Å². The predicted octanol–water partition coefficient (Wildman–Crippen LogP) is 0.821. The van der Waals surface area contributed by atoms with Gasteiger partial charge in [0, 0.05) is 18.8 Å². The Morgan fingerprint density at radius 3 is 2.67 bits per heavy atom. The Morgan fingerprint density at radius 1 is 1.60 bits per heavy atom. The molecule has 0 amide bonds. The first-order valence-electron chi connectivity index (χ1n) is 4.35. The number of rotatable bonds is 3. The lowest BCUT2D eigenvalue weighted by atomic mass is 10.1. The molecule has 0 aromatic carbocycles. The van der Waals surface area contributed by atoms with Crippen molar-refractivity contribution in [3.8, 4) is 0 Å². The average Bonchev–Trinajstić information content (AvgIpc) is 2.47. The van der Waals surface area contributed by atoms with Gasteiger partial charge in [-0.05, 0) is 13.0 Å². The van der Waals surface area contributed by atoms with Crippen LogP contribution in [0.3, 0.4) is 0 Å². The predicted molar refractivity (Wildman–Crippen MR) is 46.8 cm³/mol. The van der Waals surface area contributed by atoms with Crippen molar-refractivity contribution in [2.24, 2.45) is 12.8 Å². The number of aromatic nitrogens is 2. The molecule has 1 aromatic rings. The highest BCUT2D eigenvalue weighted by Gasteiger charge is 2.38. The summed E-state index contributed by atoms with van der Waals surface area (Å²) in [6, 6.07) is 0. The average molecular weight is 223 g/mol. The fourth-order valence-corrected chi connectivity index (χ4v) is 1.28. The molecule has 4 nitrogen and oxygen atoms in total. The Hall–Kier alpha value is -1.08. The zero-order valence-electron chi connectivity index (χ0n) is 8.12. The van der Waals surface area contributed by atoms with Crippen LogP contribution in [0, 0.1) is 0 Å². The van der Waals surface area contributed by atoms with Crippen LogP contribution >= 0.6 is 0 Å². The second kappa shape index (κ2) is 4.19. The van der Waals surface area contributed by atoms with Crippen molar-refractivity contribution in [2.45, 2.75) is 18.7 Å². The first kappa shape index (κ1) is 12.0. The number of halogens is 3. The zero-order valence-corrected chi connectivity index (χ0v) is 8.12. The molecule has 0 saturated carbocycles. The third-order valence-electron chi connectivity index (χ3n) is 1.92. The molecule has 0 aliphatic carbocycles. The summed E-state index contributed by atoms with van der Waals surface area (Å²) in [5.41, 5.74) is 3.89. The van der Waals surface area contributed by atoms with Gasteiger partial charge in [-0.3, -0.25) is 4.68 Å². The highest BCUT2D eigenvalue weighted by atomic mass is 19.4. The fourth-order valence-electron chi connectivity index (χ4n) is 1.28.